The molecule has 1 saturated heterocycles. The number of hydrogen-bond acceptors (Lipinski definition) is 4. The largest absolute Gasteiger partial charge is 0.350 e. The Kier molecular flexibility index (Phi) is 8.32. The van der Waals surface area contributed by atoms with Gasteiger partial charge < -0.3 is 5.32 Å². The van der Waals surface area contributed by atoms with E-state index in [-0.39, 0.29) is 5.91 Å². The van der Waals surface area contributed by atoms with E-state index in [1.807, 2.05) is 44.2 Å². The highest BCUT2D eigenvalue weighted by atomic mass is 32.2. The van der Waals surface area contributed by atoms with Crippen molar-refractivity contribution in [3.05, 3.63) is 65.2 Å². The summed E-state index contributed by atoms with van der Waals surface area (Å²) in [7, 11) is -3.63. The second-order valence-corrected chi connectivity index (χ2v) is 10.5. The molecule has 1 aliphatic heterocycles. The highest BCUT2D eigenvalue weighted by Gasteiger charge is 2.31. The fourth-order valence-electron chi connectivity index (χ4n) is 4.29. The average molecular weight is 458 g/mol. The Morgan fingerprint density at radius 1 is 1.03 bits per heavy atom. The van der Waals surface area contributed by atoms with Gasteiger partial charge in [0.15, 0.2) is 0 Å². The van der Waals surface area contributed by atoms with Crippen molar-refractivity contribution in [2.75, 3.05) is 23.7 Å². The number of nitrogens with one attached hydrogen (secondary N) is 1. The molecular formula is C25H35N3O3S. The van der Waals surface area contributed by atoms with E-state index in [4.69, 9.17) is 0 Å². The van der Waals surface area contributed by atoms with Crippen LogP contribution in [0, 0.1) is 6.92 Å². The number of aryl methyl sites for hydroxylation is 1. The van der Waals surface area contributed by atoms with Gasteiger partial charge in [-0.2, -0.15) is 0 Å². The van der Waals surface area contributed by atoms with Crippen molar-refractivity contribution in [3.63, 3.8) is 0 Å². The van der Waals surface area contributed by atoms with Crippen molar-refractivity contribution >= 4 is 21.6 Å². The number of hydrogen-bond donors (Lipinski definition) is 1. The predicted molar refractivity (Wildman–Crippen MR) is 130 cm³/mol. The molecule has 6 nitrogen and oxygen atoms in total. The molecule has 2 aromatic rings. The van der Waals surface area contributed by atoms with Crippen molar-refractivity contribution in [3.8, 4) is 0 Å². The van der Waals surface area contributed by atoms with Crippen molar-refractivity contribution in [2.45, 2.75) is 58.7 Å². The Labute approximate surface area is 192 Å². The summed E-state index contributed by atoms with van der Waals surface area (Å²) in [5, 5.41) is 3.00. The minimum atomic E-state index is -3.63. The molecule has 1 amide bonds. The van der Waals surface area contributed by atoms with E-state index < -0.39 is 16.1 Å². The third-order valence-corrected chi connectivity index (χ3v) is 7.21. The third kappa shape index (κ3) is 6.33. The lowest BCUT2D eigenvalue weighted by Crippen LogP contribution is -2.49. The molecule has 0 spiro atoms. The quantitative estimate of drug-likeness (QED) is 0.621. The van der Waals surface area contributed by atoms with E-state index in [0.29, 0.717) is 18.7 Å². The molecule has 1 N–H and O–H groups in total. The molecule has 0 unspecified atom stereocenters. The van der Waals surface area contributed by atoms with Crippen LogP contribution in [0.4, 0.5) is 5.69 Å². The van der Waals surface area contributed by atoms with Crippen molar-refractivity contribution in [1.29, 1.82) is 0 Å². The fourth-order valence-corrected chi connectivity index (χ4v) is 5.51. The van der Waals surface area contributed by atoms with Crippen LogP contribution in [0.5, 0.6) is 0 Å². The maximum atomic E-state index is 13.1. The topological polar surface area (TPSA) is 69.7 Å². The highest BCUT2D eigenvalue weighted by molar-refractivity contribution is 7.92. The Balaban J connectivity index is 1.74. The number of rotatable bonds is 9. The number of nitrogens with zero attached hydrogens (tertiary/aromatic N) is 2. The molecule has 0 saturated carbocycles. The molecule has 0 radical (unpaired) electrons. The number of piperidine rings is 1. The van der Waals surface area contributed by atoms with Crippen LogP contribution in [-0.2, 0) is 27.9 Å². The predicted octanol–water partition coefficient (Wildman–Crippen LogP) is 3.84. The fraction of sp³-hybridized carbons (Fsp3) is 0.480. The minimum absolute atomic E-state index is 0.286. The summed E-state index contributed by atoms with van der Waals surface area (Å²) >= 11 is 0. The van der Waals surface area contributed by atoms with Crippen molar-refractivity contribution in [1.82, 2.24) is 10.2 Å². The molecule has 2 aromatic carbocycles. The van der Waals surface area contributed by atoms with Gasteiger partial charge >= 0.3 is 0 Å². The number of anilines is 1. The molecule has 1 heterocycles. The zero-order valence-corrected chi connectivity index (χ0v) is 20.2. The number of sulfonamides is 1. The zero-order chi connectivity index (χ0) is 23.1. The number of carbonyl (C=O) groups excluding carboxylic acids is 1. The molecule has 0 aliphatic carbocycles. The van der Waals surface area contributed by atoms with E-state index in [2.05, 4.69) is 16.3 Å². The normalized spacial score (nSPS) is 15.8. The molecule has 7 heteroatoms. The van der Waals surface area contributed by atoms with E-state index in [1.54, 1.807) is 12.1 Å². The molecule has 1 aliphatic rings. The van der Waals surface area contributed by atoms with Gasteiger partial charge in [-0.15, -0.1) is 0 Å². The number of likely N-dealkylation sites (tertiary alicyclic amines) is 1. The molecular weight excluding hydrogens is 422 g/mol. The summed E-state index contributed by atoms with van der Waals surface area (Å²) in [6, 6.07) is 14.6. The smallest absolute Gasteiger partial charge is 0.244 e. The maximum absolute atomic E-state index is 13.1. The van der Waals surface area contributed by atoms with Gasteiger partial charge in [-0.25, -0.2) is 8.42 Å². The number of amides is 1. The second-order valence-electron chi connectivity index (χ2n) is 8.64. The molecule has 1 fully saturated rings. The van der Waals surface area contributed by atoms with Crippen LogP contribution in [0.3, 0.4) is 0 Å². The van der Waals surface area contributed by atoms with Crippen LogP contribution in [-0.4, -0.2) is 44.6 Å². The summed E-state index contributed by atoms with van der Waals surface area (Å²) in [6.07, 6.45) is 5.29. The van der Waals surface area contributed by atoms with Gasteiger partial charge in [-0.05, 0) is 62.5 Å². The van der Waals surface area contributed by atoms with E-state index in [0.717, 1.165) is 37.0 Å². The molecule has 1 atom stereocenters. The highest BCUT2D eigenvalue weighted by Crippen LogP contribution is 2.23. The van der Waals surface area contributed by atoms with Gasteiger partial charge in [0.25, 0.3) is 0 Å². The monoisotopic (exact) mass is 457 g/mol. The second kappa shape index (κ2) is 11.0. The molecule has 174 valence electrons. The standard InChI is InChI=1S/C25H35N3O3S/c1-4-24(28(32(3,30)31)23-14-12-20(2)13-15-23)25(29)26-18-21-10-6-7-11-22(21)19-27-16-8-5-9-17-27/h6-7,10-15,24H,4-5,8-9,16-19H2,1-3H3,(H,26,29)/t24-/m0/s1. The lowest BCUT2D eigenvalue weighted by atomic mass is 10.0. The number of benzene rings is 2. The zero-order valence-electron chi connectivity index (χ0n) is 19.4. The Morgan fingerprint density at radius 3 is 2.25 bits per heavy atom. The van der Waals surface area contributed by atoms with Crippen LogP contribution < -0.4 is 9.62 Å². The van der Waals surface area contributed by atoms with Crippen LogP contribution in [0.15, 0.2) is 48.5 Å². The van der Waals surface area contributed by atoms with Gasteiger partial charge in [-0.1, -0.05) is 55.3 Å². The van der Waals surface area contributed by atoms with E-state index in [9.17, 15) is 13.2 Å². The van der Waals surface area contributed by atoms with Crippen LogP contribution in [0.2, 0.25) is 0 Å². The third-order valence-electron chi connectivity index (χ3n) is 6.03. The Bertz CT molecular complexity index is 999. The van der Waals surface area contributed by atoms with Crippen LogP contribution >= 0.6 is 0 Å². The number of carbonyl (C=O) groups is 1. The summed E-state index contributed by atoms with van der Waals surface area (Å²) in [5.74, 6) is -0.286. The van der Waals surface area contributed by atoms with Crippen LogP contribution in [0.1, 0.15) is 49.3 Å². The first kappa shape index (κ1) is 24.3. The first-order valence-corrected chi connectivity index (χ1v) is 13.3. The molecule has 32 heavy (non-hydrogen) atoms. The van der Waals surface area contributed by atoms with Gasteiger partial charge in [0, 0.05) is 13.1 Å². The van der Waals surface area contributed by atoms with Gasteiger partial charge in [0.2, 0.25) is 15.9 Å². The van der Waals surface area contributed by atoms with E-state index in [1.165, 1.54) is 29.1 Å². The molecule has 0 bridgehead atoms. The molecule has 3 rings (SSSR count). The maximum Gasteiger partial charge on any atom is 0.244 e. The Morgan fingerprint density at radius 2 is 1.66 bits per heavy atom. The lowest BCUT2D eigenvalue weighted by Gasteiger charge is -2.30. The van der Waals surface area contributed by atoms with Crippen molar-refractivity contribution in [2.24, 2.45) is 0 Å². The summed E-state index contributed by atoms with van der Waals surface area (Å²) < 4.78 is 26.5. The SMILES string of the molecule is CC[C@@H](C(=O)NCc1ccccc1CN1CCCCC1)N(c1ccc(C)cc1)S(C)(=O)=O. The Hall–Kier alpha value is -2.38. The lowest BCUT2D eigenvalue weighted by molar-refractivity contribution is -0.122. The van der Waals surface area contributed by atoms with Crippen LogP contribution in [0.25, 0.3) is 0 Å². The summed E-state index contributed by atoms with van der Waals surface area (Å²) in [4.78, 5) is 15.6. The minimum Gasteiger partial charge on any atom is -0.350 e. The summed E-state index contributed by atoms with van der Waals surface area (Å²) in [5.41, 5.74) is 3.82. The average Bonchev–Trinajstić information content (AvgIpc) is 2.77. The van der Waals surface area contributed by atoms with Gasteiger partial charge in [0.05, 0.1) is 11.9 Å². The first-order valence-electron chi connectivity index (χ1n) is 11.4. The van der Waals surface area contributed by atoms with E-state index >= 15 is 0 Å². The molecule has 0 aromatic heterocycles. The first-order chi connectivity index (χ1) is 15.3. The summed E-state index contributed by atoms with van der Waals surface area (Å²) in [6.45, 7) is 7.25. The van der Waals surface area contributed by atoms with Crippen molar-refractivity contribution < 1.29 is 13.2 Å². The van der Waals surface area contributed by atoms with Gasteiger partial charge in [-0.3, -0.25) is 14.0 Å². The van der Waals surface area contributed by atoms with Gasteiger partial charge in [0.1, 0.15) is 6.04 Å².